The van der Waals surface area contributed by atoms with Crippen LogP contribution in [0.1, 0.15) is 58.0 Å². The predicted molar refractivity (Wildman–Crippen MR) is 84.5 cm³/mol. The van der Waals surface area contributed by atoms with Gasteiger partial charge in [-0.05, 0) is 47.0 Å². The number of hydrogen-bond acceptors (Lipinski definition) is 5. The molecule has 0 saturated heterocycles. The van der Waals surface area contributed by atoms with Crippen LogP contribution in [-0.4, -0.2) is 28.8 Å². The van der Waals surface area contributed by atoms with Gasteiger partial charge in [0.2, 0.25) is 0 Å². The minimum absolute atomic E-state index is 0.195. The third-order valence-electron chi connectivity index (χ3n) is 3.46. The number of carbonyl (C=O) groups is 1. The SMILES string of the molecule is CC(NC1CCC(NC(=O)OC(C)(C)C)C1)c1nccs1. The summed E-state index contributed by atoms with van der Waals surface area (Å²) in [5.74, 6) is 0. The average molecular weight is 311 g/mol. The van der Waals surface area contributed by atoms with Gasteiger partial charge in [0, 0.05) is 23.7 Å². The molecule has 118 valence electrons. The molecular formula is C15H25N3O2S. The van der Waals surface area contributed by atoms with Crippen LogP contribution >= 0.6 is 11.3 Å². The first-order valence-corrected chi connectivity index (χ1v) is 8.36. The summed E-state index contributed by atoms with van der Waals surface area (Å²) in [7, 11) is 0. The molecule has 1 aromatic heterocycles. The van der Waals surface area contributed by atoms with Crippen molar-refractivity contribution in [2.75, 3.05) is 0 Å². The molecule has 0 aromatic carbocycles. The number of ether oxygens (including phenoxy) is 1. The Bertz CT molecular complexity index is 456. The molecule has 3 atom stereocenters. The fraction of sp³-hybridized carbons (Fsp3) is 0.733. The van der Waals surface area contributed by atoms with Gasteiger partial charge in [-0.25, -0.2) is 9.78 Å². The van der Waals surface area contributed by atoms with Gasteiger partial charge >= 0.3 is 6.09 Å². The molecule has 1 aromatic rings. The van der Waals surface area contributed by atoms with Crippen LogP contribution in [0.2, 0.25) is 0 Å². The fourth-order valence-corrected chi connectivity index (χ4v) is 3.27. The number of nitrogens with one attached hydrogen (secondary N) is 2. The highest BCUT2D eigenvalue weighted by Gasteiger charge is 2.28. The Labute approximate surface area is 130 Å². The van der Waals surface area contributed by atoms with Crippen LogP contribution in [0.5, 0.6) is 0 Å². The summed E-state index contributed by atoms with van der Waals surface area (Å²) < 4.78 is 5.30. The highest BCUT2D eigenvalue weighted by atomic mass is 32.1. The molecule has 0 aliphatic heterocycles. The Kier molecular flexibility index (Phi) is 5.22. The first-order valence-electron chi connectivity index (χ1n) is 7.48. The van der Waals surface area contributed by atoms with Crippen LogP contribution in [0.3, 0.4) is 0 Å². The monoisotopic (exact) mass is 311 g/mol. The van der Waals surface area contributed by atoms with Gasteiger partial charge in [-0.1, -0.05) is 0 Å². The average Bonchev–Trinajstić information content (AvgIpc) is 2.97. The van der Waals surface area contributed by atoms with Crippen molar-refractivity contribution in [3.8, 4) is 0 Å². The third-order valence-corrected chi connectivity index (χ3v) is 4.42. The predicted octanol–water partition coefficient (Wildman–Crippen LogP) is 3.24. The van der Waals surface area contributed by atoms with Gasteiger partial charge in [0.25, 0.3) is 0 Å². The van der Waals surface area contributed by atoms with Gasteiger partial charge in [0.05, 0.1) is 6.04 Å². The summed E-state index contributed by atoms with van der Waals surface area (Å²) in [5, 5.41) is 9.65. The Morgan fingerprint density at radius 3 is 2.76 bits per heavy atom. The highest BCUT2D eigenvalue weighted by Crippen LogP contribution is 2.24. The second-order valence-electron chi connectivity index (χ2n) is 6.61. The number of amides is 1. The number of aromatic nitrogens is 1. The second-order valence-corrected chi connectivity index (χ2v) is 7.54. The van der Waals surface area contributed by atoms with E-state index < -0.39 is 5.60 Å². The molecule has 1 heterocycles. The lowest BCUT2D eigenvalue weighted by molar-refractivity contribution is 0.0505. The Morgan fingerprint density at radius 1 is 1.43 bits per heavy atom. The van der Waals surface area contributed by atoms with Crippen LogP contribution in [-0.2, 0) is 4.74 Å². The van der Waals surface area contributed by atoms with Gasteiger partial charge < -0.3 is 15.4 Å². The summed E-state index contributed by atoms with van der Waals surface area (Å²) in [6, 6.07) is 0.875. The number of hydrogen-bond donors (Lipinski definition) is 2. The van der Waals surface area contributed by atoms with E-state index in [9.17, 15) is 4.79 Å². The molecule has 2 rings (SSSR count). The van der Waals surface area contributed by atoms with E-state index >= 15 is 0 Å². The topological polar surface area (TPSA) is 63.2 Å². The van der Waals surface area contributed by atoms with Crippen LogP contribution in [0.25, 0.3) is 0 Å². The van der Waals surface area contributed by atoms with Crippen molar-refractivity contribution in [1.82, 2.24) is 15.6 Å². The largest absolute Gasteiger partial charge is 0.444 e. The minimum Gasteiger partial charge on any atom is -0.444 e. The van der Waals surface area contributed by atoms with Crippen molar-refractivity contribution >= 4 is 17.4 Å². The van der Waals surface area contributed by atoms with Crippen molar-refractivity contribution in [2.45, 2.75) is 70.7 Å². The minimum atomic E-state index is -0.445. The molecule has 1 fully saturated rings. The number of thiazole rings is 1. The Hall–Kier alpha value is -1.14. The van der Waals surface area contributed by atoms with E-state index in [4.69, 9.17) is 4.74 Å². The molecule has 1 aliphatic carbocycles. The molecule has 5 nitrogen and oxygen atoms in total. The number of alkyl carbamates (subject to hydrolysis) is 1. The molecule has 1 amide bonds. The lowest BCUT2D eigenvalue weighted by atomic mass is 10.2. The zero-order chi connectivity index (χ0) is 15.5. The van der Waals surface area contributed by atoms with E-state index in [1.807, 2.05) is 32.3 Å². The summed E-state index contributed by atoms with van der Waals surface area (Å²) in [5.41, 5.74) is -0.445. The molecule has 21 heavy (non-hydrogen) atoms. The first kappa shape index (κ1) is 16.2. The molecule has 2 N–H and O–H groups in total. The van der Waals surface area contributed by atoms with Gasteiger partial charge in [0.15, 0.2) is 0 Å². The second kappa shape index (κ2) is 6.75. The molecule has 1 aliphatic rings. The van der Waals surface area contributed by atoms with Crippen molar-refractivity contribution in [3.05, 3.63) is 16.6 Å². The number of nitrogens with zero attached hydrogens (tertiary/aromatic N) is 1. The quantitative estimate of drug-likeness (QED) is 0.896. The van der Waals surface area contributed by atoms with Crippen molar-refractivity contribution in [2.24, 2.45) is 0 Å². The molecule has 0 spiro atoms. The van der Waals surface area contributed by atoms with Crippen molar-refractivity contribution in [1.29, 1.82) is 0 Å². The highest BCUT2D eigenvalue weighted by molar-refractivity contribution is 7.09. The molecule has 3 unspecified atom stereocenters. The maximum absolute atomic E-state index is 11.8. The molecular weight excluding hydrogens is 286 g/mol. The maximum Gasteiger partial charge on any atom is 0.407 e. The Morgan fingerprint density at radius 2 is 2.14 bits per heavy atom. The fourth-order valence-electron chi connectivity index (χ4n) is 2.61. The summed E-state index contributed by atoms with van der Waals surface area (Å²) in [6.45, 7) is 7.76. The van der Waals surface area contributed by atoms with E-state index in [0.717, 1.165) is 24.3 Å². The Balaban J connectivity index is 1.75. The van der Waals surface area contributed by atoms with Gasteiger partial charge in [0.1, 0.15) is 10.6 Å². The smallest absolute Gasteiger partial charge is 0.407 e. The summed E-state index contributed by atoms with van der Waals surface area (Å²) in [4.78, 5) is 16.1. The van der Waals surface area contributed by atoms with Gasteiger partial charge in [-0.15, -0.1) is 11.3 Å². The molecule has 0 radical (unpaired) electrons. The number of rotatable bonds is 4. The normalized spacial score (nSPS) is 23.8. The van der Waals surface area contributed by atoms with E-state index in [0.29, 0.717) is 6.04 Å². The zero-order valence-electron chi connectivity index (χ0n) is 13.2. The van der Waals surface area contributed by atoms with E-state index in [-0.39, 0.29) is 18.2 Å². The summed E-state index contributed by atoms with van der Waals surface area (Å²) in [6.07, 6.45) is 4.51. The molecule has 0 bridgehead atoms. The van der Waals surface area contributed by atoms with Crippen LogP contribution < -0.4 is 10.6 Å². The zero-order valence-corrected chi connectivity index (χ0v) is 14.0. The summed E-state index contributed by atoms with van der Waals surface area (Å²) >= 11 is 1.67. The van der Waals surface area contributed by atoms with E-state index in [1.165, 1.54) is 0 Å². The van der Waals surface area contributed by atoms with Crippen LogP contribution in [0.15, 0.2) is 11.6 Å². The maximum atomic E-state index is 11.8. The van der Waals surface area contributed by atoms with Crippen molar-refractivity contribution < 1.29 is 9.53 Å². The van der Waals surface area contributed by atoms with Crippen LogP contribution in [0, 0.1) is 0 Å². The van der Waals surface area contributed by atoms with E-state index in [2.05, 4.69) is 22.5 Å². The first-order chi connectivity index (χ1) is 9.83. The standard InChI is InChI=1S/C15H25N3O2S/c1-10(13-16-7-8-21-13)17-11-5-6-12(9-11)18-14(19)20-15(2,3)4/h7-8,10-12,17H,5-6,9H2,1-4H3,(H,18,19). The third kappa shape index (κ3) is 5.28. The lowest BCUT2D eigenvalue weighted by Gasteiger charge is -2.22. The van der Waals surface area contributed by atoms with Gasteiger partial charge in [-0.3, -0.25) is 0 Å². The number of carbonyl (C=O) groups excluding carboxylic acids is 1. The lowest BCUT2D eigenvalue weighted by Crippen LogP contribution is -2.39. The van der Waals surface area contributed by atoms with Gasteiger partial charge in [-0.2, -0.15) is 0 Å². The van der Waals surface area contributed by atoms with E-state index in [1.54, 1.807) is 11.3 Å². The van der Waals surface area contributed by atoms with Crippen LogP contribution in [0.4, 0.5) is 4.79 Å². The molecule has 1 saturated carbocycles. The molecule has 6 heteroatoms. The van der Waals surface area contributed by atoms with Crippen molar-refractivity contribution in [3.63, 3.8) is 0 Å².